The summed E-state index contributed by atoms with van der Waals surface area (Å²) in [5, 5.41) is 4.02. The Kier molecular flexibility index (Phi) is 11.2. The van der Waals surface area contributed by atoms with Crippen molar-refractivity contribution in [1.29, 1.82) is 0 Å². The number of carbonyl (C=O) groups excluding carboxylic acids is 2. The Morgan fingerprint density at radius 3 is 2.36 bits per heavy atom. The van der Waals surface area contributed by atoms with Crippen LogP contribution in [0.4, 0.5) is 0 Å². The molecular weight excluding hydrogens is 511 g/mol. The molecule has 190 valence electrons. The largest absolute Gasteiger partial charge is 0.354 e. The number of hydrogen-bond acceptors (Lipinski definition) is 3. The van der Waals surface area contributed by atoms with Crippen LogP contribution in [0, 0.1) is 6.92 Å². The number of halogens is 2. The van der Waals surface area contributed by atoms with E-state index in [0.717, 1.165) is 28.7 Å². The molecule has 0 aliphatic heterocycles. The molecule has 0 saturated carbocycles. The van der Waals surface area contributed by atoms with Gasteiger partial charge in [0.15, 0.2) is 0 Å². The van der Waals surface area contributed by atoms with Crippen LogP contribution in [0.2, 0.25) is 10.0 Å². The van der Waals surface area contributed by atoms with Crippen LogP contribution in [0.5, 0.6) is 0 Å². The summed E-state index contributed by atoms with van der Waals surface area (Å²) in [4.78, 5) is 28.7. The van der Waals surface area contributed by atoms with Gasteiger partial charge in [-0.05, 0) is 42.2 Å². The minimum Gasteiger partial charge on any atom is -0.354 e. The highest BCUT2D eigenvalue weighted by atomic mass is 35.5. The first-order valence-corrected chi connectivity index (χ1v) is 14.0. The summed E-state index contributed by atoms with van der Waals surface area (Å²) >= 11 is 13.7. The highest BCUT2D eigenvalue weighted by Crippen LogP contribution is 2.25. The van der Waals surface area contributed by atoms with Crippen molar-refractivity contribution >= 4 is 46.8 Å². The van der Waals surface area contributed by atoms with E-state index in [1.165, 1.54) is 11.8 Å². The van der Waals surface area contributed by atoms with Gasteiger partial charge < -0.3 is 10.2 Å². The number of nitrogens with one attached hydrogen (secondary N) is 1. The van der Waals surface area contributed by atoms with Crippen molar-refractivity contribution in [3.63, 3.8) is 0 Å². The molecule has 0 spiro atoms. The van der Waals surface area contributed by atoms with Gasteiger partial charge in [0, 0.05) is 25.3 Å². The van der Waals surface area contributed by atoms with Crippen molar-refractivity contribution in [2.24, 2.45) is 0 Å². The van der Waals surface area contributed by atoms with Gasteiger partial charge >= 0.3 is 0 Å². The van der Waals surface area contributed by atoms with Gasteiger partial charge in [0.05, 0.1) is 15.8 Å². The highest BCUT2D eigenvalue weighted by Gasteiger charge is 2.30. The Labute approximate surface area is 228 Å². The first-order valence-electron chi connectivity index (χ1n) is 12.1. The number of rotatable bonds is 12. The maximum Gasteiger partial charge on any atom is 0.243 e. The predicted octanol–water partition coefficient (Wildman–Crippen LogP) is 6.70. The van der Waals surface area contributed by atoms with Gasteiger partial charge in [-0.1, -0.05) is 96.4 Å². The minimum atomic E-state index is -0.613. The second-order valence-corrected chi connectivity index (χ2v) is 10.5. The number of benzene rings is 3. The van der Waals surface area contributed by atoms with Gasteiger partial charge in [0.1, 0.15) is 6.04 Å². The SMILES string of the molecule is CCCNC(=O)C(Cc1ccccc1)N(Cc1cccc(C)c1)C(=O)CSCc1ccc(Cl)c(Cl)c1. The van der Waals surface area contributed by atoms with E-state index >= 15 is 0 Å². The quantitative estimate of drug-likeness (QED) is 0.277. The van der Waals surface area contributed by atoms with E-state index in [1.807, 2.05) is 74.5 Å². The van der Waals surface area contributed by atoms with Crippen molar-refractivity contribution in [3.8, 4) is 0 Å². The fourth-order valence-electron chi connectivity index (χ4n) is 3.90. The van der Waals surface area contributed by atoms with E-state index in [-0.39, 0.29) is 17.6 Å². The molecule has 0 saturated heterocycles. The summed E-state index contributed by atoms with van der Waals surface area (Å²) in [6.07, 6.45) is 1.28. The van der Waals surface area contributed by atoms with Crippen molar-refractivity contribution in [2.75, 3.05) is 12.3 Å². The van der Waals surface area contributed by atoms with Crippen molar-refractivity contribution in [1.82, 2.24) is 10.2 Å². The monoisotopic (exact) mass is 542 g/mol. The van der Waals surface area contributed by atoms with Crippen molar-refractivity contribution in [3.05, 3.63) is 105 Å². The van der Waals surface area contributed by atoms with Crippen molar-refractivity contribution in [2.45, 2.75) is 45.0 Å². The Hall–Kier alpha value is -2.47. The Morgan fingerprint density at radius 1 is 0.917 bits per heavy atom. The molecule has 0 bridgehead atoms. The molecule has 1 N–H and O–H groups in total. The van der Waals surface area contributed by atoms with E-state index in [4.69, 9.17) is 23.2 Å². The third-order valence-electron chi connectivity index (χ3n) is 5.73. The molecule has 7 heteroatoms. The lowest BCUT2D eigenvalue weighted by molar-refractivity contribution is -0.139. The van der Waals surface area contributed by atoms with E-state index in [9.17, 15) is 9.59 Å². The highest BCUT2D eigenvalue weighted by molar-refractivity contribution is 7.99. The zero-order valence-electron chi connectivity index (χ0n) is 20.7. The maximum atomic E-state index is 13.6. The lowest BCUT2D eigenvalue weighted by Crippen LogP contribution is -2.51. The maximum absolute atomic E-state index is 13.6. The molecule has 36 heavy (non-hydrogen) atoms. The first kappa shape index (κ1) is 28.1. The average molecular weight is 544 g/mol. The van der Waals surface area contributed by atoms with Crippen LogP contribution in [-0.2, 0) is 28.3 Å². The molecule has 2 amide bonds. The summed E-state index contributed by atoms with van der Waals surface area (Å²) in [6.45, 7) is 4.98. The van der Waals surface area contributed by atoms with Gasteiger partial charge in [-0.3, -0.25) is 9.59 Å². The summed E-state index contributed by atoms with van der Waals surface area (Å²) < 4.78 is 0. The molecule has 0 aliphatic carbocycles. The Morgan fingerprint density at radius 2 is 1.67 bits per heavy atom. The van der Waals surface area contributed by atoms with Gasteiger partial charge in [-0.15, -0.1) is 11.8 Å². The molecule has 3 rings (SSSR count). The standard InChI is InChI=1S/C29H32Cl2N2O2S/c1-3-14-32-29(35)27(17-22-9-5-4-6-10-22)33(18-23-11-7-8-21(2)15-23)28(34)20-36-19-24-12-13-25(30)26(31)16-24/h4-13,15-16,27H,3,14,17-20H2,1-2H3,(H,32,35). The predicted molar refractivity (Wildman–Crippen MR) is 152 cm³/mol. The number of nitrogens with zero attached hydrogens (tertiary/aromatic N) is 1. The molecule has 3 aromatic carbocycles. The number of aryl methyl sites for hydroxylation is 1. The van der Waals surface area contributed by atoms with Gasteiger partial charge in [0.25, 0.3) is 0 Å². The average Bonchev–Trinajstić information content (AvgIpc) is 2.87. The summed E-state index contributed by atoms with van der Waals surface area (Å²) in [5.41, 5.74) is 4.12. The zero-order valence-corrected chi connectivity index (χ0v) is 23.0. The second-order valence-electron chi connectivity index (χ2n) is 8.75. The number of thioether (sulfide) groups is 1. The van der Waals surface area contributed by atoms with Crippen LogP contribution in [0.25, 0.3) is 0 Å². The van der Waals surface area contributed by atoms with E-state index in [0.29, 0.717) is 35.3 Å². The molecule has 4 nitrogen and oxygen atoms in total. The third kappa shape index (κ3) is 8.58. The van der Waals surface area contributed by atoms with Crippen LogP contribution in [0.1, 0.15) is 35.6 Å². The normalized spacial score (nSPS) is 11.7. The summed E-state index contributed by atoms with van der Waals surface area (Å²) in [6, 6.07) is 22.8. The van der Waals surface area contributed by atoms with E-state index < -0.39 is 6.04 Å². The minimum absolute atomic E-state index is 0.0749. The first-order chi connectivity index (χ1) is 17.4. The van der Waals surface area contributed by atoms with Crippen LogP contribution in [0.3, 0.4) is 0 Å². The molecule has 0 radical (unpaired) electrons. The molecular formula is C29H32Cl2N2O2S. The topological polar surface area (TPSA) is 49.4 Å². The molecule has 3 aromatic rings. The van der Waals surface area contributed by atoms with Gasteiger partial charge in [0.2, 0.25) is 11.8 Å². The van der Waals surface area contributed by atoms with Crippen LogP contribution in [0.15, 0.2) is 72.8 Å². The van der Waals surface area contributed by atoms with E-state index in [2.05, 4.69) is 11.4 Å². The fraction of sp³-hybridized carbons (Fsp3) is 0.310. The van der Waals surface area contributed by atoms with Crippen LogP contribution >= 0.6 is 35.0 Å². The van der Waals surface area contributed by atoms with Crippen LogP contribution in [-0.4, -0.2) is 35.1 Å². The molecule has 0 aliphatic rings. The molecule has 0 fully saturated rings. The fourth-order valence-corrected chi connectivity index (χ4v) is 5.07. The van der Waals surface area contributed by atoms with E-state index in [1.54, 1.807) is 11.0 Å². The second kappa shape index (κ2) is 14.3. The number of amides is 2. The summed E-state index contributed by atoms with van der Waals surface area (Å²) in [7, 11) is 0. The lowest BCUT2D eigenvalue weighted by atomic mass is 10.0. The molecule has 0 heterocycles. The van der Waals surface area contributed by atoms with Crippen LogP contribution < -0.4 is 5.32 Å². The zero-order chi connectivity index (χ0) is 25.9. The smallest absolute Gasteiger partial charge is 0.243 e. The summed E-state index contributed by atoms with van der Waals surface area (Å²) in [5.74, 6) is 0.662. The molecule has 1 unspecified atom stereocenters. The van der Waals surface area contributed by atoms with Crippen molar-refractivity contribution < 1.29 is 9.59 Å². The number of carbonyl (C=O) groups is 2. The lowest BCUT2D eigenvalue weighted by Gasteiger charge is -2.31. The molecule has 1 atom stereocenters. The van der Waals surface area contributed by atoms with Gasteiger partial charge in [-0.2, -0.15) is 0 Å². The Balaban J connectivity index is 1.83. The number of hydrogen-bond donors (Lipinski definition) is 1. The molecule has 0 aromatic heterocycles. The van der Waals surface area contributed by atoms with Gasteiger partial charge in [-0.25, -0.2) is 0 Å². The Bertz CT molecular complexity index is 1160. The third-order valence-corrected chi connectivity index (χ3v) is 7.46.